The standard InChI is InChI=1S/C22H31FO5/c1-12-9-19(2)13(8-16(12)25)4-5-15-14-6-7-21(28,18(27)11-24)20(14,3)10-17(26)22(15,19)23/h8,12,14-15,17,24,26,28H,4-7,9-11H2,1-3H3/t12?,14-,15-,17-,19-,20-,21-,22-/m0/s1. The zero-order chi connectivity index (χ0) is 20.7. The highest BCUT2D eigenvalue weighted by Gasteiger charge is 2.74. The van der Waals surface area contributed by atoms with Crippen molar-refractivity contribution in [3.63, 3.8) is 0 Å². The summed E-state index contributed by atoms with van der Waals surface area (Å²) in [4.78, 5) is 24.6. The van der Waals surface area contributed by atoms with Crippen LogP contribution in [0.1, 0.15) is 59.3 Å². The van der Waals surface area contributed by atoms with E-state index in [1.165, 1.54) is 0 Å². The molecule has 0 amide bonds. The summed E-state index contributed by atoms with van der Waals surface area (Å²) in [5, 5.41) is 31.7. The van der Waals surface area contributed by atoms with Crippen molar-refractivity contribution >= 4 is 11.6 Å². The molecule has 4 aliphatic carbocycles. The molecule has 3 fully saturated rings. The lowest BCUT2D eigenvalue weighted by molar-refractivity contribution is -0.228. The van der Waals surface area contributed by atoms with Gasteiger partial charge in [-0.1, -0.05) is 26.3 Å². The van der Waals surface area contributed by atoms with Crippen molar-refractivity contribution in [3.05, 3.63) is 11.6 Å². The number of hydrogen-bond acceptors (Lipinski definition) is 5. The molecule has 4 aliphatic rings. The first-order chi connectivity index (χ1) is 13.0. The van der Waals surface area contributed by atoms with Crippen LogP contribution in [0.15, 0.2) is 11.6 Å². The number of carbonyl (C=O) groups excluding carboxylic acids is 2. The van der Waals surface area contributed by atoms with Crippen LogP contribution >= 0.6 is 0 Å². The summed E-state index contributed by atoms with van der Waals surface area (Å²) in [6, 6.07) is 0. The van der Waals surface area contributed by atoms with E-state index < -0.39 is 46.5 Å². The second kappa shape index (κ2) is 5.96. The summed E-state index contributed by atoms with van der Waals surface area (Å²) in [6.07, 6.45) is 2.34. The lowest BCUT2D eigenvalue weighted by Gasteiger charge is -2.63. The maximum absolute atomic E-state index is 17.0. The largest absolute Gasteiger partial charge is 0.390 e. The molecule has 1 unspecified atom stereocenters. The van der Waals surface area contributed by atoms with Crippen LogP contribution in [0.2, 0.25) is 0 Å². The Morgan fingerprint density at radius 3 is 2.57 bits per heavy atom. The molecule has 0 spiro atoms. The van der Waals surface area contributed by atoms with Crippen molar-refractivity contribution < 1.29 is 29.3 Å². The molecule has 28 heavy (non-hydrogen) atoms. The molecule has 0 aliphatic heterocycles. The van der Waals surface area contributed by atoms with Gasteiger partial charge >= 0.3 is 0 Å². The molecule has 5 nitrogen and oxygen atoms in total. The smallest absolute Gasteiger partial charge is 0.190 e. The van der Waals surface area contributed by atoms with Gasteiger partial charge in [-0.2, -0.15) is 0 Å². The van der Waals surface area contributed by atoms with Gasteiger partial charge in [0, 0.05) is 22.7 Å². The summed E-state index contributed by atoms with van der Waals surface area (Å²) < 4.78 is 17.0. The third-order valence-electron chi connectivity index (χ3n) is 9.11. The predicted octanol–water partition coefficient (Wildman–Crippen LogP) is 2.12. The molecule has 0 radical (unpaired) electrons. The first-order valence-electron chi connectivity index (χ1n) is 10.4. The molecule has 0 aromatic heterocycles. The van der Waals surface area contributed by atoms with Gasteiger partial charge in [0.05, 0.1) is 6.10 Å². The maximum Gasteiger partial charge on any atom is 0.190 e. The number of ketones is 2. The van der Waals surface area contributed by atoms with Crippen LogP contribution in [0.5, 0.6) is 0 Å². The summed E-state index contributed by atoms with van der Waals surface area (Å²) in [5.41, 5.74) is -4.74. The molecule has 0 aromatic carbocycles. The van der Waals surface area contributed by atoms with Crippen molar-refractivity contribution in [1.82, 2.24) is 0 Å². The molecular formula is C22H31FO5. The van der Waals surface area contributed by atoms with Crippen LogP contribution in [-0.2, 0) is 9.59 Å². The highest BCUT2D eigenvalue weighted by Crippen LogP contribution is 2.70. The summed E-state index contributed by atoms with van der Waals surface area (Å²) in [7, 11) is 0. The molecule has 3 saturated carbocycles. The van der Waals surface area contributed by atoms with Crippen LogP contribution in [0, 0.1) is 28.6 Å². The monoisotopic (exact) mass is 394 g/mol. The molecule has 8 atom stereocenters. The van der Waals surface area contributed by atoms with E-state index in [2.05, 4.69) is 0 Å². The van der Waals surface area contributed by atoms with Gasteiger partial charge in [-0.25, -0.2) is 4.39 Å². The average Bonchev–Trinajstić information content (AvgIpc) is 2.89. The predicted molar refractivity (Wildman–Crippen MR) is 100 cm³/mol. The number of aliphatic hydroxyl groups excluding tert-OH is 2. The van der Waals surface area contributed by atoms with E-state index in [-0.39, 0.29) is 30.5 Å². The van der Waals surface area contributed by atoms with Gasteiger partial charge in [-0.15, -0.1) is 0 Å². The third-order valence-corrected chi connectivity index (χ3v) is 9.11. The fourth-order valence-electron chi connectivity index (χ4n) is 7.49. The van der Waals surface area contributed by atoms with Gasteiger partial charge in [0.1, 0.15) is 17.9 Å². The third kappa shape index (κ3) is 2.12. The number of halogens is 1. The molecule has 0 saturated heterocycles. The quantitative estimate of drug-likeness (QED) is 0.667. The number of alkyl halides is 1. The van der Waals surface area contributed by atoms with Crippen LogP contribution in [0.3, 0.4) is 0 Å². The van der Waals surface area contributed by atoms with Crippen LogP contribution in [-0.4, -0.2) is 50.9 Å². The zero-order valence-electron chi connectivity index (χ0n) is 16.9. The maximum atomic E-state index is 17.0. The number of rotatable bonds is 2. The Kier molecular flexibility index (Phi) is 4.29. The minimum absolute atomic E-state index is 0.0217. The number of hydrogen-bond donors (Lipinski definition) is 3. The number of fused-ring (bicyclic) bond motifs is 5. The fraction of sp³-hybridized carbons (Fsp3) is 0.818. The Hall–Kier alpha value is -1.11. The van der Waals surface area contributed by atoms with Gasteiger partial charge in [0.25, 0.3) is 0 Å². The fourth-order valence-corrected chi connectivity index (χ4v) is 7.49. The Bertz CT molecular complexity index is 764. The van der Waals surface area contributed by atoms with E-state index in [0.29, 0.717) is 25.7 Å². The van der Waals surface area contributed by atoms with Crippen LogP contribution in [0.4, 0.5) is 4.39 Å². The Morgan fingerprint density at radius 1 is 1.25 bits per heavy atom. The lowest BCUT2D eigenvalue weighted by Crippen LogP contribution is -2.69. The SMILES string of the molecule is CC1C[C@@]2(C)C(=CC1=O)CC[C@H]1[C@@H]3CC[C@](O)(C(=O)CO)[C@@]3(C)C[C@H](O)[C@@]12F. The van der Waals surface area contributed by atoms with Gasteiger partial charge in [0.2, 0.25) is 0 Å². The van der Waals surface area contributed by atoms with Crippen molar-refractivity contribution in [2.24, 2.45) is 28.6 Å². The van der Waals surface area contributed by atoms with E-state index in [0.717, 1.165) is 5.57 Å². The summed E-state index contributed by atoms with van der Waals surface area (Å²) in [6.45, 7) is 4.65. The first-order valence-corrected chi connectivity index (χ1v) is 10.4. The molecule has 0 heterocycles. The topological polar surface area (TPSA) is 94.8 Å². The summed E-state index contributed by atoms with van der Waals surface area (Å²) >= 11 is 0. The van der Waals surface area contributed by atoms with E-state index in [4.69, 9.17) is 0 Å². The molecule has 0 aromatic rings. The van der Waals surface area contributed by atoms with Gasteiger partial charge in [-0.05, 0) is 50.5 Å². The van der Waals surface area contributed by atoms with Crippen LogP contribution < -0.4 is 0 Å². The van der Waals surface area contributed by atoms with Gasteiger partial charge in [0.15, 0.2) is 11.6 Å². The molecule has 156 valence electrons. The number of Topliss-reactive ketones (excluding diaryl/α,β-unsaturated/α-hetero) is 1. The Labute approximate surface area is 165 Å². The second-order valence-corrected chi connectivity index (χ2v) is 10.1. The molecule has 3 N–H and O–H groups in total. The Morgan fingerprint density at radius 2 is 1.93 bits per heavy atom. The van der Waals surface area contributed by atoms with Crippen molar-refractivity contribution in [2.45, 2.75) is 76.7 Å². The average molecular weight is 394 g/mol. The highest BCUT2D eigenvalue weighted by molar-refractivity contribution is 5.93. The highest BCUT2D eigenvalue weighted by atomic mass is 19.1. The normalized spacial score (nSPS) is 53.1. The van der Waals surface area contributed by atoms with E-state index in [1.54, 1.807) is 19.9 Å². The van der Waals surface area contributed by atoms with Gasteiger partial charge in [-0.3, -0.25) is 9.59 Å². The number of aliphatic hydroxyl groups is 3. The zero-order valence-corrected chi connectivity index (χ0v) is 16.9. The summed E-state index contributed by atoms with van der Waals surface area (Å²) in [5.74, 6) is -1.67. The minimum atomic E-state index is -1.90. The Balaban J connectivity index is 1.80. The molecule has 4 rings (SSSR count). The minimum Gasteiger partial charge on any atom is -0.390 e. The van der Waals surface area contributed by atoms with Crippen LogP contribution in [0.25, 0.3) is 0 Å². The van der Waals surface area contributed by atoms with Crippen molar-refractivity contribution in [1.29, 1.82) is 0 Å². The van der Waals surface area contributed by atoms with Crippen molar-refractivity contribution in [2.75, 3.05) is 6.61 Å². The number of carbonyl (C=O) groups is 2. The van der Waals surface area contributed by atoms with Gasteiger partial charge < -0.3 is 15.3 Å². The number of allylic oxidation sites excluding steroid dienone is 1. The first kappa shape index (κ1) is 20.2. The van der Waals surface area contributed by atoms with E-state index in [1.807, 2.05) is 6.92 Å². The van der Waals surface area contributed by atoms with E-state index >= 15 is 4.39 Å². The second-order valence-electron chi connectivity index (χ2n) is 10.1. The lowest BCUT2D eigenvalue weighted by atomic mass is 9.43. The molecule has 6 heteroatoms. The van der Waals surface area contributed by atoms with E-state index in [9.17, 15) is 24.9 Å². The van der Waals surface area contributed by atoms with Crippen molar-refractivity contribution in [3.8, 4) is 0 Å². The molecular weight excluding hydrogens is 363 g/mol. The molecule has 0 bridgehead atoms.